The van der Waals surface area contributed by atoms with Crippen molar-refractivity contribution in [2.24, 2.45) is 0 Å². The van der Waals surface area contributed by atoms with Crippen LogP contribution in [-0.4, -0.2) is 22.8 Å². The molecule has 2 aromatic rings. The fraction of sp³-hybridized carbons (Fsp3) is 0.188. The summed E-state index contributed by atoms with van der Waals surface area (Å²) in [4.78, 5) is 40.9. The third-order valence-corrected chi connectivity index (χ3v) is 4.20. The van der Waals surface area contributed by atoms with Gasteiger partial charge in [-0.2, -0.15) is 0 Å². The molecule has 0 bridgehead atoms. The number of hydrogen-bond donors (Lipinski definition) is 0. The van der Waals surface area contributed by atoms with E-state index in [9.17, 15) is 14.4 Å². The van der Waals surface area contributed by atoms with Gasteiger partial charge in [0, 0.05) is 24.1 Å². The highest BCUT2D eigenvalue weighted by Gasteiger charge is 2.33. The first-order valence-electron chi connectivity index (χ1n) is 6.83. The van der Waals surface area contributed by atoms with E-state index in [0.29, 0.717) is 10.6 Å². The molecule has 1 aliphatic heterocycles. The monoisotopic (exact) mass is 315 g/mol. The number of benzene rings is 1. The third kappa shape index (κ3) is 3.07. The number of nitrogens with zero attached hydrogens (tertiary/aromatic N) is 1. The normalized spacial score (nSPS) is 14.5. The van der Waals surface area contributed by atoms with Crippen molar-refractivity contribution in [1.29, 1.82) is 0 Å². The van der Waals surface area contributed by atoms with Gasteiger partial charge in [0.2, 0.25) is 0 Å². The van der Waals surface area contributed by atoms with Crippen molar-refractivity contribution >= 4 is 29.1 Å². The first kappa shape index (κ1) is 14.5. The molecule has 22 heavy (non-hydrogen) atoms. The number of carbonyl (C=O) groups excluding carboxylic acids is 3. The summed E-state index contributed by atoms with van der Waals surface area (Å²) in [6.07, 6.45) is 0.980. The molecule has 1 aromatic heterocycles. The van der Waals surface area contributed by atoms with Crippen LogP contribution in [0.2, 0.25) is 0 Å². The first-order valence-corrected chi connectivity index (χ1v) is 7.71. The van der Waals surface area contributed by atoms with Crippen molar-refractivity contribution in [3.05, 3.63) is 57.8 Å². The molecular weight excluding hydrogens is 302 g/mol. The summed E-state index contributed by atoms with van der Waals surface area (Å²) < 4.78 is 0. The average Bonchev–Trinajstić information content (AvgIpc) is 3.13. The molecule has 5 nitrogen and oxygen atoms in total. The van der Waals surface area contributed by atoms with E-state index in [4.69, 9.17) is 4.84 Å². The quantitative estimate of drug-likeness (QED) is 0.814. The van der Waals surface area contributed by atoms with Gasteiger partial charge >= 0.3 is 5.97 Å². The number of rotatable bonds is 4. The number of carbonyl (C=O) groups is 3. The zero-order chi connectivity index (χ0) is 15.5. The lowest BCUT2D eigenvalue weighted by Gasteiger charge is -2.12. The Morgan fingerprint density at radius 2 is 1.77 bits per heavy atom. The van der Waals surface area contributed by atoms with E-state index in [1.54, 1.807) is 23.5 Å². The highest BCUT2D eigenvalue weighted by Crippen LogP contribution is 2.17. The van der Waals surface area contributed by atoms with Gasteiger partial charge in [-0.25, -0.2) is 4.79 Å². The van der Waals surface area contributed by atoms with Crippen LogP contribution < -0.4 is 0 Å². The summed E-state index contributed by atoms with van der Waals surface area (Å²) >= 11 is 1.68. The smallest absolute Gasteiger partial charge is 0.325 e. The Kier molecular flexibility index (Phi) is 4.02. The fourth-order valence-corrected chi connectivity index (χ4v) is 2.91. The van der Waals surface area contributed by atoms with Crippen LogP contribution in [0.25, 0.3) is 0 Å². The Morgan fingerprint density at radius 1 is 1.09 bits per heavy atom. The Balaban J connectivity index is 1.66. The summed E-state index contributed by atoms with van der Waals surface area (Å²) in [6, 6.07) is 11.0. The minimum atomic E-state index is -0.703. The number of amides is 2. The number of hydrogen-bond acceptors (Lipinski definition) is 5. The van der Waals surface area contributed by atoms with Crippen molar-refractivity contribution in [2.45, 2.75) is 19.3 Å². The van der Waals surface area contributed by atoms with Crippen LogP contribution in [-0.2, 0) is 20.8 Å². The number of hydroxylamine groups is 2. The molecule has 0 saturated carbocycles. The topological polar surface area (TPSA) is 63.7 Å². The molecule has 3 rings (SSSR count). The maximum Gasteiger partial charge on any atom is 0.363 e. The van der Waals surface area contributed by atoms with Crippen molar-refractivity contribution in [2.75, 3.05) is 0 Å². The predicted octanol–water partition coefficient (Wildman–Crippen LogP) is 2.56. The first-order chi connectivity index (χ1) is 10.6. The third-order valence-electron chi connectivity index (χ3n) is 3.33. The second-order valence-corrected chi connectivity index (χ2v) is 5.95. The van der Waals surface area contributed by atoms with Gasteiger partial charge < -0.3 is 4.84 Å². The number of thiophene rings is 1. The second-order valence-electron chi connectivity index (χ2n) is 4.91. The molecule has 0 atom stereocenters. The SMILES string of the molecule is O=C(ON1C(=O)CCC1=O)c1ccc(Cc2cccs2)cc1. The summed E-state index contributed by atoms with van der Waals surface area (Å²) in [5.41, 5.74) is 1.38. The van der Waals surface area contributed by atoms with Gasteiger partial charge in [0.25, 0.3) is 11.8 Å². The zero-order valence-electron chi connectivity index (χ0n) is 11.7. The van der Waals surface area contributed by atoms with Crippen LogP contribution >= 0.6 is 11.3 Å². The molecule has 0 aliphatic carbocycles. The molecule has 0 radical (unpaired) electrons. The van der Waals surface area contributed by atoms with Gasteiger partial charge in [-0.1, -0.05) is 18.2 Å². The Bertz CT molecular complexity index is 690. The molecule has 2 heterocycles. The van der Waals surface area contributed by atoms with Crippen LogP contribution in [0.3, 0.4) is 0 Å². The van der Waals surface area contributed by atoms with Crippen LogP contribution in [0.4, 0.5) is 0 Å². The van der Waals surface area contributed by atoms with Crippen LogP contribution in [0.1, 0.15) is 33.6 Å². The minimum Gasteiger partial charge on any atom is -0.325 e. The lowest BCUT2D eigenvalue weighted by Crippen LogP contribution is -2.32. The fourth-order valence-electron chi connectivity index (χ4n) is 2.17. The molecular formula is C16H13NO4S. The van der Waals surface area contributed by atoms with Gasteiger partial charge in [-0.05, 0) is 29.1 Å². The highest BCUT2D eigenvalue weighted by atomic mass is 32.1. The van der Waals surface area contributed by atoms with Crippen LogP contribution in [0.15, 0.2) is 41.8 Å². The molecule has 112 valence electrons. The van der Waals surface area contributed by atoms with E-state index in [-0.39, 0.29) is 12.8 Å². The Hall–Kier alpha value is -2.47. The highest BCUT2D eigenvalue weighted by molar-refractivity contribution is 7.09. The molecule has 1 aromatic carbocycles. The van der Waals surface area contributed by atoms with E-state index < -0.39 is 17.8 Å². The molecule has 6 heteroatoms. The van der Waals surface area contributed by atoms with Gasteiger partial charge in [-0.3, -0.25) is 9.59 Å². The molecule has 2 amide bonds. The molecule has 0 spiro atoms. The maximum absolute atomic E-state index is 12.0. The summed E-state index contributed by atoms with van der Waals surface area (Å²) in [5, 5.41) is 2.58. The number of imide groups is 1. The molecule has 1 aliphatic rings. The van der Waals surface area contributed by atoms with Gasteiger partial charge in [0.15, 0.2) is 0 Å². The van der Waals surface area contributed by atoms with Gasteiger partial charge in [-0.15, -0.1) is 16.4 Å². The summed E-state index contributed by atoms with van der Waals surface area (Å²) in [7, 11) is 0. The molecule has 1 fully saturated rings. The summed E-state index contributed by atoms with van der Waals surface area (Å²) in [6.45, 7) is 0. The Labute approximate surface area is 131 Å². The van der Waals surface area contributed by atoms with Crippen molar-refractivity contribution in [1.82, 2.24) is 5.06 Å². The Morgan fingerprint density at radius 3 is 2.36 bits per heavy atom. The van der Waals surface area contributed by atoms with Crippen molar-refractivity contribution in [3.8, 4) is 0 Å². The standard InChI is InChI=1S/C16H13NO4S/c18-14-7-8-15(19)17(14)21-16(20)12-5-3-11(4-6-12)10-13-2-1-9-22-13/h1-6,9H,7-8,10H2. The predicted molar refractivity (Wildman–Crippen MR) is 80.1 cm³/mol. The molecule has 0 N–H and O–H groups in total. The minimum absolute atomic E-state index is 0.0892. The van der Waals surface area contributed by atoms with E-state index >= 15 is 0 Å². The second kappa shape index (κ2) is 6.11. The van der Waals surface area contributed by atoms with E-state index in [0.717, 1.165) is 12.0 Å². The molecule has 0 unspecified atom stereocenters. The van der Waals surface area contributed by atoms with E-state index in [1.165, 1.54) is 4.88 Å². The van der Waals surface area contributed by atoms with Crippen molar-refractivity contribution in [3.63, 3.8) is 0 Å². The lowest BCUT2D eigenvalue weighted by atomic mass is 10.1. The largest absolute Gasteiger partial charge is 0.363 e. The lowest BCUT2D eigenvalue weighted by molar-refractivity contribution is -0.172. The average molecular weight is 315 g/mol. The zero-order valence-corrected chi connectivity index (χ0v) is 12.5. The summed E-state index contributed by atoms with van der Waals surface area (Å²) in [5.74, 6) is -1.66. The van der Waals surface area contributed by atoms with E-state index in [1.807, 2.05) is 23.6 Å². The van der Waals surface area contributed by atoms with Crippen molar-refractivity contribution < 1.29 is 19.2 Å². The van der Waals surface area contributed by atoms with Crippen LogP contribution in [0.5, 0.6) is 0 Å². The van der Waals surface area contributed by atoms with Crippen LogP contribution in [0, 0.1) is 0 Å². The van der Waals surface area contributed by atoms with Gasteiger partial charge in [0.05, 0.1) is 5.56 Å². The maximum atomic E-state index is 12.0. The molecule has 1 saturated heterocycles. The van der Waals surface area contributed by atoms with E-state index in [2.05, 4.69) is 6.07 Å². The van der Waals surface area contributed by atoms with Gasteiger partial charge in [0.1, 0.15) is 0 Å².